The van der Waals surface area contributed by atoms with Crippen LogP contribution in [-0.2, 0) is 0 Å². The molecule has 0 spiro atoms. The van der Waals surface area contributed by atoms with E-state index in [0.29, 0.717) is 0 Å². The van der Waals surface area contributed by atoms with Gasteiger partial charge in [-0.05, 0) is 42.5 Å². The number of ether oxygens (including phenoxy) is 1. The highest BCUT2D eigenvalue weighted by atomic mass is 16.5. The highest BCUT2D eigenvalue weighted by Crippen LogP contribution is 2.23. The third kappa shape index (κ3) is 3.44. The Morgan fingerprint density at radius 1 is 0.808 bits per heavy atom. The number of methoxy groups -OCH3 is 1. The van der Waals surface area contributed by atoms with E-state index in [1.807, 2.05) is 54.9 Å². The second-order valence-electron chi connectivity index (χ2n) is 6.13. The molecule has 3 heterocycles. The zero-order chi connectivity index (χ0) is 17.8. The molecule has 0 saturated carbocycles. The Bertz CT molecular complexity index is 846. The molecule has 132 valence electrons. The highest BCUT2D eigenvalue weighted by molar-refractivity contribution is 5.61. The average Bonchev–Trinajstić information content (AvgIpc) is 2.75. The molecule has 0 radical (unpaired) electrons. The van der Waals surface area contributed by atoms with E-state index in [1.54, 1.807) is 7.11 Å². The van der Waals surface area contributed by atoms with Crippen LogP contribution in [0.5, 0.6) is 5.75 Å². The third-order valence-electron chi connectivity index (χ3n) is 4.56. The van der Waals surface area contributed by atoms with Gasteiger partial charge in [0.05, 0.1) is 12.8 Å². The summed E-state index contributed by atoms with van der Waals surface area (Å²) in [5.41, 5.74) is 1.98. The van der Waals surface area contributed by atoms with Gasteiger partial charge in [0.15, 0.2) is 0 Å². The maximum absolute atomic E-state index is 5.22. The Morgan fingerprint density at radius 2 is 1.58 bits per heavy atom. The van der Waals surface area contributed by atoms with Crippen LogP contribution in [0.15, 0.2) is 60.9 Å². The largest absolute Gasteiger partial charge is 0.497 e. The summed E-state index contributed by atoms with van der Waals surface area (Å²) >= 11 is 0. The van der Waals surface area contributed by atoms with Gasteiger partial charge in [0.25, 0.3) is 0 Å². The van der Waals surface area contributed by atoms with Gasteiger partial charge in [-0.15, -0.1) is 0 Å². The van der Waals surface area contributed by atoms with Crippen molar-refractivity contribution in [3.8, 4) is 17.0 Å². The van der Waals surface area contributed by atoms with Crippen molar-refractivity contribution < 1.29 is 4.74 Å². The number of benzene rings is 1. The number of anilines is 2. The maximum atomic E-state index is 5.22. The molecule has 0 N–H and O–H groups in total. The van der Waals surface area contributed by atoms with Crippen LogP contribution in [0.3, 0.4) is 0 Å². The predicted octanol–water partition coefficient (Wildman–Crippen LogP) is 2.87. The molecule has 4 rings (SSSR count). The lowest BCUT2D eigenvalue weighted by molar-refractivity contribution is 0.415. The molecule has 1 aromatic carbocycles. The Morgan fingerprint density at radius 3 is 2.27 bits per heavy atom. The first-order chi connectivity index (χ1) is 12.8. The van der Waals surface area contributed by atoms with E-state index in [4.69, 9.17) is 9.72 Å². The Labute approximate surface area is 153 Å². The van der Waals surface area contributed by atoms with Crippen molar-refractivity contribution in [3.63, 3.8) is 0 Å². The molecule has 1 saturated heterocycles. The number of hydrogen-bond donors (Lipinski definition) is 0. The summed E-state index contributed by atoms with van der Waals surface area (Å²) in [6, 6.07) is 15.9. The zero-order valence-corrected chi connectivity index (χ0v) is 14.7. The van der Waals surface area contributed by atoms with E-state index in [-0.39, 0.29) is 0 Å². The quantitative estimate of drug-likeness (QED) is 0.723. The molecule has 1 aliphatic rings. The molecule has 1 fully saturated rings. The van der Waals surface area contributed by atoms with Crippen molar-refractivity contribution in [2.24, 2.45) is 0 Å². The first kappa shape index (κ1) is 16.3. The molecule has 26 heavy (non-hydrogen) atoms. The van der Waals surface area contributed by atoms with Crippen LogP contribution in [0.1, 0.15) is 0 Å². The molecule has 0 aliphatic carbocycles. The van der Waals surface area contributed by atoms with Crippen LogP contribution < -0.4 is 14.5 Å². The van der Waals surface area contributed by atoms with Gasteiger partial charge in [0.2, 0.25) is 5.95 Å². The number of nitrogens with zero attached hydrogens (tertiary/aromatic N) is 5. The van der Waals surface area contributed by atoms with Gasteiger partial charge in [0, 0.05) is 44.1 Å². The number of pyridine rings is 1. The van der Waals surface area contributed by atoms with E-state index in [9.17, 15) is 0 Å². The van der Waals surface area contributed by atoms with Crippen LogP contribution >= 0.6 is 0 Å². The van der Waals surface area contributed by atoms with E-state index >= 15 is 0 Å². The van der Waals surface area contributed by atoms with Gasteiger partial charge in [0.1, 0.15) is 11.6 Å². The van der Waals surface area contributed by atoms with Gasteiger partial charge in [-0.3, -0.25) is 0 Å². The predicted molar refractivity (Wildman–Crippen MR) is 103 cm³/mol. The minimum atomic E-state index is 0.777. The van der Waals surface area contributed by atoms with Gasteiger partial charge >= 0.3 is 0 Å². The van der Waals surface area contributed by atoms with Crippen LogP contribution in [0.25, 0.3) is 11.3 Å². The Balaban J connectivity index is 1.47. The molecule has 1 aliphatic heterocycles. The maximum Gasteiger partial charge on any atom is 0.225 e. The molecule has 0 atom stereocenters. The Kier molecular flexibility index (Phi) is 4.64. The first-order valence-corrected chi connectivity index (χ1v) is 8.72. The van der Waals surface area contributed by atoms with Gasteiger partial charge in [-0.2, -0.15) is 0 Å². The molecule has 2 aromatic heterocycles. The topological polar surface area (TPSA) is 54.4 Å². The second kappa shape index (κ2) is 7.39. The molecule has 0 unspecified atom stereocenters. The van der Waals surface area contributed by atoms with Crippen LogP contribution in [0, 0.1) is 0 Å². The lowest BCUT2D eigenvalue weighted by Crippen LogP contribution is -2.47. The second-order valence-corrected chi connectivity index (χ2v) is 6.13. The highest BCUT2D eigenvalue weighted by Gasteiger charge is 2.20. The van der Waals surface area contributed by atoms with E-state index in [0.717, 1.165) is 55.0 Å². The van der Waals surface area contributed by atoms with E-state index in [2.05, 4.69) is 25.8 Å². The van der Waals surface area contributed by atoms with Crippen molar-refractivity contribution in [3.05, 3.63) is 60.9 Å². The summed E-state index contributed by atoms with van der Waals surface area (Å²) in [5.74, 6) is 2.65. The summed E-state index contributed by atoms with van der Waals surface area (Å²) in [4.78, 5) is 18.2. The monoisotopic (exact) mass is 347 g/mol. The standard InChI is InChI=1S/C20H21N5O/c1-26-17-7-5-16(6-8-17)18-9-11-22-20(23-18)25-14-12-24(13-15-25)19-4-2-3-10-21-19/h2-11H,12-15H2,1H3. The molecule has 0 amide bonds. The molecular formula is C20H21N5O. The molecule has 6 nitrogen and oxygen atoms in total. The van der Waals surface area contributed by atoms with Crippen molar-refractivity contribution >= 4 is 11.8 Å². The number of hydrogen-bond acceptors (Lipinski definition) is 6. The molecule has 0 bridgehead atoms. The van der Waals surface area contributed by atoms with E-state index in [1.165, 1.54) is 0 Å². The molecular weight excluding hydrogens is 326 g/mol. The zero-order valence-electron chi connectivity index (χ0n) is 14.7. The smallest absolute Gasteiger partial charge is 0.225 e. The summed E-state index contributed by atoms with van der Waals surface area (Å²) in [6.45, 7) is 3.57. The fourth-order valence-electron chi connectivity index (χ4n) is 3.10. The summed E-state index contributed by atoms with van der Waals surface area (Å²) in [5, 5.41) is 0. The van der Waals surface area contributed by atoms with Gasteiger partial charge < -0.3 is 14.5 Å². The van der Waals surface area contributed by atoms with Crippen molar-refractivity contribution in [2.45, 2.75) is 0 Å². The fourth-order valence-corrected chi connectivity index (χ4v) is 3.10. The van der Waals surface area contributed by atoms with Crippen LogP contribution in [0.2, 0.25) is 0 Å². The minimum Gasteiger partial charge on any atom is -0.497 e. The fraction of sp³-hybridized carbons (Fsp3) is 0.250. The molecule has 3 aromatic rings. The summed E-state index contributed by atoms with van der Waals surface area (Å²) < 4.78 is 5.22. The SMILES string of the molecule is COc1ccc(-c2ccnc(N3CCN(c4ccccn4)CC3)n2)cc1. The Hall–Kier alpha value is -3.15. The van der Waals surface area contributed by atoms with Crippen molar-refractivity contribution in [2.75, 3.05) is 43.1 Å². The van der Waals surface area contributed by atoms with Crippen LogP contribution in [0.4, 0.5) is 11.8 Å². The molecule has 6 heteroatoms. The lowest BCUT2D eigenvalue weighted by Gasteiger charge is -2.35. The van der Waals surface area contributed by atoms with E-state index < -0.39 is 0 Å². The normalized spacial score (nSPS) is 14.3. The minimum absolute atomic E-state index is 0.777. The number of aromatic nitrogens is 3. The average molecular weight is 347 g/mol. The number of piperazine rings is 1. The first-order valence-electron chi connectivity index (χ1n) is 8.72. The third-order valence-corrected chi connectivity index (χ3v) is 4.56. The summed E-state index contributed by atoms with van der Waals surface area (Å²) in [7, 11) is 1.67. The van der Waals surface area contributed by atoms with Crippen LogP contribution in [-0.4, -0.2) is 48.2 Å². The lowest BCUT2D eigenvalue weighted by atomic mass is 10.1. The van der Waals surface area contributed by atoms with Gasteiger partial charge in [-0.25, -0.2) is 15.0 Å². The number of rotatable bonds is 4. The summed E-state index contributed by atoms with van der Waals surface area (Å²) in [6.07, 6.45) is 3.66. The van der Waals surface area contributed by atoms with Crippen molar-refractivity contribution in [1.82, 2.24) is 15.0 Å². The van der Waals surface area contributed by atoms with Crippen molar-refractivity contribution in [1.29, 1.82) is 0 Å². The van der Waals surface area contributed by atoms with Gasteiger partial charge in [-0.1, -0.05) is 6.07 Å².